The first-order chi connectivity index (χ1) is 30.2. The maximum absolute atomic E-state index is 9.44. The maximum atomic E-state index is 9.44. The van der Waals surface area contributed by atoms with Crippen LogP contribution in [0, 0.1) is 11.3 Å². The summed E-state index contributed by atoms with van der Waals surface area (Å²) in [6, 6.07) is 79.0. The van der Waals surface area contributed by atoms with Crippen LogP contribution in [0.25, 0.3) is 78.3 Å². The molecule has 4 heteroatoms. The second-order valence-corrected chi connectivity index (χ2v) is 15.4. The van der Waals surface area contributed by atoms with Gasteiger partial charge in [-0.2, -0.15) is 5.26 Å². The zero-order valence-electron chi connectivity index (χ0n) is 33.1. The van der Waals surface area contributed by atoms with Gasteiger partial charge in [0.1, 0.15) is 0 Å². The normalized spacial score (nSPS) is 12.4. The zero-order chi connectivity index (χ0) is 40.8. The van der Waals surface area contributed by atoms with Crippen molar-refractivity contribution in [1.82, 2.24) is 15.0 Å². The molecule has 0 aliphatic heterocycles. The van der Waals surface area contributed by atoms with E-state index in [1.165, 1.54) is 33.2 Å². The minimum absolute atomic E-state index is 0.617. The molecule has 0 fully saturated rings. The van der Waals surface area contributed by atoms with E-state index in [0.717, 1.165) is 49.9 Å². The highest BCUT2D eigenvalue weighted by Crippen LogP contribution is 2.56. The predicted octanol–water partition coefficient (Wildman–Crippen LogP) is 13.6. The molecule has 0 bridgehead atoms. The topological polar surface area (TPSA) is 62.5 Å². The molecule has 11 rings (SSSR count). The summed E-state index contributed by atoms with van der Waals surface area (Å²) < 4.78 is 0. The molecule has 10 aromatic rings. The molecule has 0 saturated heterocycles. The SMILES string of the molecule is N#Cc1ccc(-c2ccc(-c3cccc(C4(c5cccc(-c6nc(-c7ccccc7)nc(-c7ccccc7)n6)c5)c5ccccc5-c5ccccc54)c3)c3ccccc23)cc1. The summed E-state index contributed by atoms with van der Waals surface area (Å²) in [4.78, 5) is 15.2. The van der Waals surface area contributed by atoms with Crippen molar-refractivity contribution < 1.29 is 0 Å². The number of benzene rings is 9. The fourth-order valence-electron chi connectivity index (χ4n) is 9.30. The molecule has 1 aromatic heterocycles. The Morgan fingerprint density at radius 1 is 0.328 bits per heavy atom. The highest BCUT2D eigenvalue weighted by atomic mass is 15.0. The van der Waals surface area contributed by atoms with Gasteiger partial charge in [0.15, 0.2) is 17.5 Å². The smallest absolute Gasteiger partial charge is 0.164 e. The van der Waals surface area contributed by atoms with Gasteiger partial charge in [-0.25, -0.2) is 15.0 Å². The Hall–Kier alpha value is -8.26. The fourth-order valence-corrected chi connectivity index (χ4v) is 9.30. The highest BCUT2D eigenvalue weighted by molar-refractivity contribution is 6.05. The third-order valence-electron chi connectivity index (χ3n) is 12.1. The van der Waals surface area contributed by atoms with Crippen LogP contribution in [-0.2, 0) is 5.41 Å². The third-order valence-corrected chi connectivity index (χ3v) is 12.1. The molecule has 9 aromatic carbocycles. The van der Waals surface area contributed by atoms with Crippen LogP contribution in [0.1, 0.15) is 27.8 Å². The lowest BCUT2D eigenvalue weighted by molar-refractivity contribution is 0.769. The number of nitrogens with zero attached hydrogens (tertiary/aromatic N) is 4. The number of rotatable bonds is 7. The quantitative estimate of drug-likeness (QED) is 0.162. The lowest BCUT2D eigenvalue weighted by Crippen LogP contribution is -2.28. The van der Waals surface area contributed by atoms with Crippen molar-refractivity contribution in [1.29, 1.82) is 5.26 Å². The summed E-state index contributed by atoms with van der Waals surface area (Å²) in [5.41, 5.74) is 14.5. The van der Waals surface area contributed by atoms with Gasteiger partial charge in [-0.3, -0.25) is 0 Å². The van der Waals surface area contributed by atoms with Gasteiger partial charge in [0.25, 0.3) is 0 Å². The van der Waals surface area contributed by atoms with Gasteiger partial charge in [-0.15, -0.1) is 0 Å². The zero-order valence-corrected chi connectivity index (χ0v) is 33.1. The molecule has 0 spiro atoms. The van der Waals surface area contributed by atoms with E-state index in [-0.39, 0.29) is 0 Å². The van der Waals surface area contributed by atoms with Crippen molar-refractivity contribution in [3.8, 4) is 73.6 Å². The van der Waals surface area contributed by atoms with E-state index in [1.54, 1.807) is 0 Å². The van der Waals surface area contributed by atoms with Crippen molar-refractivity contribution in [3.63, 3.8) is 0 Å². The summed E-state index contributed by atoms with van der Waals surface area (Å²) in [6.45, 7) is 0. The van der Waals surface area contributed by atoms with E-state index in [0.29, 0.717) is 23.0 Å². The Morgan fingerprint density at radius 3 is 1.30 bits per heavy atom. The molecular weight excluding hydrogens is 741 g/mol. The van der Waals surface area contributed by atoms with Gasteiger partial charge < -0.3 is 0 Å². The van der Waals surface area contributed by atoms with Crippen LogP contribution in [0.5, 0.6) is 0 Å². The third kappa shape index (κ3) is 6.03. The minimum atomic E-state index is -0.658. The Kier molecular flexibility index (Phi) is 8.73. The van der Waals surface area contributed by atoms with Crippen LogP contribution >= 0.6 is 0 Å². The van der Waals surface area contributed by atoms with E-state index >= 15 is 0 Å². The van der Waals surface area contributed by atoms with Gasteiger partial charge >= 0.3 is 0 Å². The largest absolute Gasteiger partial charge is 0.208 e. The molecule has 1 aliphatic rings. The van der Waals surface area contributed by atoms with Crippen molar-refractivity contribution in [2.45, 2.75) is 5.41 Å². The molecule has 284 valence electrons. The van der Waals surface area contributed by atoms with Crippen LogP contribution in [0.4, 0.5) is 0 Å². The summed E-state index contributed by atoms with van der Waals surface area (Å²) >= 11 is 0. The molecule has 1 heterocycles. The van der Waals surface area contributed by atoms with E-state index in [9.17, 15) is 5.26 Å². The lowest BCUT2D eigenvalue weighted by atomic mass is 9.67. The number of hydrogen-bond acceptors (Lipinski definition) is 4. The average Bonchev–Trinajstić information content (AvgIpc) is 3.65. The van der Waals surface area contributed by atoms with Crippen molar-refractivity contribution >= 4 is 10.8 Å². The van der Waals surface area contributed by atoms with Gasteiger partial charge in [-0.1, -0.05) is 194 Å². The molecule has 4 nitrogen and oxygen atoms in total. The molecule has 61 heavy (non-hydrogen) atoms. The Bertz CT molecular complexity index is 3210. The van der Waals surface area contributed by atoms with Gasteiger partial charge in [0.05, 0.1) is 17.0 Å². The van der Waals surface area contributed by atoms with Crippen LogP contribution in [0.2, 0.25) is 0 Å². The van der Waals surface area contributed by atoms with Crippen LogP contribution in [0.15, 0.2) is 218 Å². The van der Waals surface area contributed by atoms with E-state index in [2.05, 4.69) is 140 Å². The Balaban J connectivity index is 1.12. The molecule has 0 saturated carbocycles. The number of aromatic nitrogens is 3. The van der Waals surface area contributed by atoms with Crippen molar-refractivity contribution in [3.05, 3.63) is 246 Å². The summed E-state index contributed by atoms with van der Waals surface area (Å²) in [5.74, 6) is 1.88. The second kappa shape index (κ2) is 14.8. The van der Waals surface area contributed by atoms with Crippen molar-refractivity contribution in [2.75, 3.05) is 0 Å². The first-order valence-electron chi connectivity index (χ1n) is 20.5. The Labute approximate surface area is 354 Å². The monoisotopic (exact) mass is 776 g/mol. The van der Waals surface area contributed by atoms with Gasteiger partial charge in [0, 0.05) is 16.7 Å². The maximum Gasteiger partial charge on any atom is 0.164 e. The number of fused-ring (bicyclic) bond motifs is 4. The van der Waals surface area contributed by atoms with E-state index in [1.807, 2.05) is 84.9 Å². The number of nitriles is 1. The van der Waals surface area contributed by atoms with Crippen LogP contribution < -0.4 is 0 Å². The Morgan fingerprint density at radius 2 is 0.754 bits per heavy atom. The summed E-state index contributed by atoms with van der Waals surface area (Å²) in [5, 5.41) is 11.8. The minimum Gasteiger partial charge on any atom is -0.208 e. The van der Waals surface area contributed by atoms with Gasteiger partial charge in [0.2, 0.25) is 0 Å². The predicted molar refractivity (Wildman–Crippen MR) is 247 cm³/mol. The van der Waals surface area contributed by atoms with Crippen molar-refractivity contribution in [2.24, 2.45) is 0 Å². The first kappa shape index (κ1) is 35.9. The van der Waals surface area contributed by atoms with E-state index in [4.69, 9.17) is 15.0 Å². The molecule has 0 radical (unpaired) electrons. The summed E-state index contributed by atoms with van der Waals surface area (Å²) in [7, 11) is 0. The van der Waals surface area contributed by atoms with Gasteiger partial charge in [-0.05, 0) is 90.7 Å². The van der Waals surface area contributed by atoms with E-state index < -0.39 is 5.41 Å². The molecule has 1 aliphatic carbocycles. The highest BCUT2D eigenvalue weighted by Gasteiger charge is 2.46. The first-order valence-corrected chi connectivity index (χ1v) is 20.5. The second-order valence-electron chi connectivity index (χ2n) is 15.4. The van der Waals surface area contributed by atoms with Crippen LogP contribution in [-0.4, -0.2) is 15.0 Å². The standard InChI is InChI=1S/C57H36N4/c58-37-38-29-31-39(32-30-38)46-33-34-47(49-24-8-7-23-48(46)49)42-19-13-21-44(35-42)57(52-27-11-9-25-50(52)51-26-10-12-28-53(51)57)45-22-14-20-43(36-45)56-60-54(40-15-3-1-4-16-40)59-55(61-56)41-17-5-2-6-18-41/h1-36H. The molecule has 0 atom stereocenters. The lowest BCUT2D eigenvalue weighted by Gasteiger charge is -2.34. The molecule has 0 unspecified atom stereocenters. The average molecular weight is 777 g/mol. The molecular formula is C57H36N4. The summed E-state index contributed by atoms with van der Waals surface area (Å²) in [6.07, 6.45) is 0. The molecule has 0 N–H and O–H groups in total. The number of hydrogen-bond donors (Lipinski definition) is 0. The fraction of sp³-hybridized carbons (Fsp3) is 0.0175. The van der Waals surface area contributed by atoms with Crippen LogP contribution in [0.3, 0.4) is 0 Å². The molecule has 0 amide bonds.